The molecule has 1 aliphatic heterocycles. The second kappa shape index (κ2) is 9.27. The third-order valence-electron chi connectivity index (χ3n) is 4.96. The van der Waals surface area contributed by atoms with Crippen molar-refractivity contribution in [1.82, 2.24) is 15.2 Å². The van der Waals surface area contributed by atoms with Gasteiger partial charge in [-0.05, 0) is 49.2 Å². The smallest absolute Gasteiger partial charge is 0.269 e. The van der Waals surface area contributed by atoms with E-state index in [1.165, 1.54) is 28.6 Å². The number of rotatable bonds is 5. The Balaban J connectivity index is 1.68. The molecule has 0 bridgehead atoms. The zero-order valence-electron chi connectivity index (χ0n) is 17.1. The van der Waals surface area contributed by atoms with Gasteiger partial charge in [-0.2, -0.15) is 4.31 Å². The first-order valence-electron chi connectivity index (χ1n) is 9.77. The van der Waals surface area contributed by atoms with Crippen molar-refractivity contribution in [3.8, 4) is 0 Å². The highest BCUT2D eigenvalue weighted by Gasteiger charge is 2.26. The highest BCUT2D eigenvalue weighted by Crippen LogP contribution is 2.21. The lowest BCUT2D eigenvalue weighted by atomic mass is 10.2. The van der Waals surface area contributed by atoms with E-state index in [1.54, 1.807) is 18.2 Å². The van der Waals surface area contributed by atoms with Crippen LogP contribution in [0.15, 0.2) is 53.4 Å². The molecule has 2 N–H and O–H groups in total. The Labute approximate surface area is 176 Å². The third kappa shape index (κ3) is 4.98. The van der Waals surface area contributed by atoms with Gasteiger partial charge in [0.1, 0.15) is 0 Å². The number of benzene rings is 2. The minimum absolute atomic E-state index is 0.0714. The van der Waals surface area contributed by atoms with Gasteiger partial charge in [0.2, 0.25) is 10.0 Å². The van der Waals surface area contributed by atoms with Crippen molar-refractivity contribution >= 4 is 27.5 Å². The quantitative estimate of drug-likeness (QED) is 0.707. The molecule has 30 heavy (non-hydrogen) atoms. The normalized spacial score (nSPS) is 14.7. The van der Waals surface area contributed by atoms with Crippen LogP contribution < -0.4 is 15.8 Å². The van der Waals surface area contributed by atoms with Crippen LogP contribution in [-0.4, -0.2) is 51.7 Å². The number of carbonyl (C=O) groups is 2. The lowest BCUT2D eigenvalue weighted by molar-refractivity contribution is 0.0846. The van der Waals surface area contributed by atoms with E-state index in [-0.39, 0.29) is 10.5 Å². The Morgan fingerprint density at radius 2 is 1.43 bits per heavy atom. The number of hydrogen-bond acceptors (Lipinski definition) is 5. The Morgan fingerprint density at radius 1 is 0.867 bits per heavy atom. The van der Waals surface area contributed by atoms with Crippen LogP contribution in [0.3, 0.4) is 0 Å². The van der Waals surface area contributed by atoms with Crippen molar-refractivity contribution in [2.45, 2.75) is 24.2 Å². The van der Waals surface area contributed by atoms with Gasteiger partial charge in [-0.1, -0.05) is 18.6 Å². The fourth-order valence-electron chi connectivity index (χ4n) is 3.24. The standard InChI is InChI=1S/C21H26N4O4S/c1-24(2)18-10-6-8-16(14-18)20(26)22-23-21(27)17-9-7-11-19(15-17)30(28,29)25-12-4-3-5-13-25/h6-11,14-15H,3-5,12-13H2,1-2H3,(H,22,26)(H,23,27). The zero-order chi connectivity index (χ0) is 21.7. The summed E-state index contributed by atoms with van der Waals surface area (Å²) in [5.41, 5.74) is 6.10. The van der Waals surface area contributed by atoms with Crippen LogP contribution in [0.2, 0.25) is 0 Å². The van der Waals surface area contributed by atoms with E-state index < -0.39 is 21.8 Å². The maximum Gasteiger partial charge on any atom is 0.269 e. The molecule has 3 rings (SSSR count). The molecule has 9 heteroatoms. The molecule has 0 radical (unpaired) electrons. The summed E-state index contributed by atoms with van der Waals surface area (Å²) in [5.74, 6) is -1.06. The predicted octanol–water partition coefficient (Wildman–Crippen LogP) is 2.00. The monoisotopic (exact) mass is 430 g/mol. The van der Waals surface area contributed by atoms with Crippen LogP contribution in [-0.2, 0) is 10.0 Å². The highest BCUT2D eigenvalue weighted by molar-refractivity contribution is 7.89. The molecule has 2 aromatic rings. The van der Waals surface area contributed by atoms with Crippen molar-refractivity contribution in [1.29, 1.82) is 0 Å². The van der Waals surface area contributed by atoms with Crippen molar-refractivity contribution in [3.63, 3.8) is 0 Å². The van der Waals surface area contributed by atoms with Crippen LogP contribution in [0.4, 0.5) is 5.69 Å². The molecule has 0 aromatic heterocycles. The molecule has 0 saturated carbocycles. The van der Waals surface area contributed by atoms with E-state index >= 15 is 0 Å². The summed E-state index contributed by atoms with van der Waals surface area (Å²) in [5, 5.41) is 0. The van der Waals surface area contributed by atoms with Crippen LogP contribution in [0, 0.1) is 0 Å². The van der Waals surface area contributed by atoms with E-state index in [0.29, 0.717) is 18.7 Å². The second-order valence-electron chi connectivity index (χ2n) is 7.35. The molecule has 0 spiro atoms. The Morgan fingerprint density at radius 3 is 2.03 bits per heavy atom. The number of anilines is 1. The molecule has 1 fully saturated rings. The highest BCUT2D eigenvalue weighted by atomic mass is 32.2. The minimum atomic E-state index is -3.64. The molecule has 1 aliphatic rings. The van der Waals surface area contributed by atoms with Gasteiger partial charge in [-0.25, -0.2) is 8.42 Å². The van der Waals surface area contributed by atoms with Gasteiger partial charge < -0.3 is 4.90 Å². The summed E-state index contributed by atoms with van der Waals surface area (Å²) in [4.78, 5) is 26.7. The number of nitrogens with one attached hydrogen (secondary N) is 2. The van der Waals surface area contributed by atoms with Crippen molar-refractivity contribution < 1.29 is 18.0 Å². The number of nitrogens with zero attached hydrogens (tertiary/aromatic N) is 2. The molecule has 160 valence electrons. The molecule has 0 unspecified atom stereocenters. The summed E-state index contributed by atoms with van der Waals surface area (Å²) in [6.07, 6.45) is 2.69. The second-order valence-corrected chi connectivity index (χ2v) is 9.28. The van der Waals surface area contributed by atoms with Crippen LogP contribution in [0.25, 0.3) is 0 Å². The molecule has 0 atom stereocenters. The molecule has 8 nitrogen and oxygen atoms in total. The van der Waals surface area contributed by atoms with Gasteiger partial charge in [0.25, 0.3) is 11.8 Å². The molecule has 2 aromatic carbocycles. The largest absolute Gasteiger partial charge is 0.378 e. The van der Waals surface area contributed by atoms with Gasteiger partial charge in [0.05, 0.1) is 4.90 Å². The van der Waals surface area contributed by atoms with Gasteiger partial charge in [0.15, 0.2) is 0 Å². The number of carbonyl (C=O) groups excluding carboxylic acids is 2. The van der Waals surface area contributed by atoms with Crippen LogP contribution >= 0.6 is 0 Å². The summed E-state index contributed by atoms with van der Waals surface area (Å²) in [6, 6.07) is 12.8. The van der Waals surface area contributed by atoms with Gasteiger partial charge in [-0.3, -0.25) is 20.4 Å². The molecule has 2 amide bonds. The molecule has 1 saturated heterocycles. The van der Waals surface area contributed by atoms with E-state index in [2.05, 4.69) is 10.9 Å². The lowest BCUT2D eigenvalue weighted by Gasteiger charge is -2.26. The maximum atomic E-state index is 12.8. The first-order chi connectivity index (χ1) is 14.3. The van der Waals surface area contributed by atoms with Crippen molar-refractivity contribution in [3.05, 3.63) is 59.7 Å². The van der Waals surface area contributed by atoms with Gasteiger partial charge in [-0.15, -0.1) is 0 Å². The van der Waals surface area contributed by atoms with Gasteiger partial charge >= 0.3 is 0 Å². The number of amides is 2. The van der Waals surface area contributed by atoms with E-state index in [0.717, 1.165) is 24.9 Å². The molecular weight excluding hydrogens is 404 g/mol. The summed E-state index contributed by atoms with van der Waals surface area (Å²) in [6.45, 7) is 0.974. The molecule has 0 aliphatic carbocycles. The molecule has 1 heterocycles. The Kier molecular flexibility index (Phi) is 6.73. The van der Waals surface area contributed by atoms with Crippen LogP contribution in [0.1, 0.15) is 40.0 Å². The van der Waals surface area contributed by atoms with Crippen molar-refractivity contribution in [2.75, 3.05) is 32.1 Å². The van der Waals surface area contributed by atoms with Gasteiger partial charge in [0, 0.05) is 44.0 Å². The predicted molar refractivity (Wildman–Crippen MR) is 115 cm³/mol. The third-order valence-corrected chi connectivity index (χ3v) is 6.86. The zero-order valence-corrected chi connectivity index (χ0v) is 17.9. The van der Waals surface area contributed by atoms with E-state index in [4.69, 9.17) is 0 Å². The summed E-state index contributed by atoms with van der Waals surface area (Å²) < 4.78 is 27.1. The number of hydrogen-bond donors (Lipinski definition) is 2. The number of sulfonamides is 1. The van der Waals surface area contributed by atoms with E-state index in [1.807, 2.05) is 25.1 Å². The Hall–Kier alpha value is -2.91. The average molecular weight is 431 g/mol. The first-order valence-corrected chi connectivity index (χ1v) is 11.2. The topological polar surface area (TPSA) is 98.8 Å². The fourth-order valence-corrected chi connectivity index (χ4v) is 4.80. The minimum Gasteiger partial charge on any atom is -0.378 e. The first kappa shape index (κ1) is 21.8. The lowest BCUT2D eigenvalue weighted by Crippen LogP contribution is -2.41. The molecular formula is C21H26N4O4S. The van der Waals surface area contributed by atoms with Crippen LogP contribution in [0.5, 0.6) is 0 Å². The fraction of sp³-hybridized carbons (Fsp3) is 0.333. The number of hydrazine groups is 1. The summed E-state index contributed by atoms with van der Waals surface area (Å²) in [7, 11) is 0.0857. The maximum absolute atomic E-state index is 12.8. The summed E-state index contributed by atoms with van der Waals surface area (Å²) >= 11 is 0. The average Bonchev–Trinajstić information content (AvgIpc) is 2.78. The SMILES string of the molecule is CN(C)c1cccc(C(=O)NNC(=O)c2cccc(S(=O)(=O)N3CCCCC3)c2)c1. The number of piperidine rings is 1. The van der Waals surface area contributed by atoms with Crippen molar-refractivity contribution in [2.24, 2.45) is 0 Å². The van der Waals surface area contributed by atoms with E-state index in [9.17, 15) is 18.0 Å². The Bertz CT molecular complexity index is 1030.